The van der Waals surface area contributed by atoms with Crippen molar-refractivity contribution in [2.75, 3.05) is 33.2 Å². The summed E-state index contributed by atoms with van der Waals surface area (Å²) in [5.41, 5.74) is 3.66. The zero-order valence-corrected chi connectivity index (χ0v) is 19.8. The Balaban J connectivity index is 1.78. The predicted molar refractivity (Wildman–Crippen MR) is 123 cm³/mol. The standard InChI is InChI=1S/C22H27ClN4O3S/c1-15-13-19(16(2)26(15)9-11-29-3)20(28)14-31-22-25-24-21(27(22)10-12-30-4)17-5-7-18(23)8-6-17/h5-8,13H,9-12,14H2,1-4H3. The molecule has 0 aliphatic rings. The molecule has 0 fully saturated rings. The minimum absolute atomic E-state index is 0.0658. The van der Waals surface area contributed by atoms with Crippen LogP contribution in [0.2, 0.25) is 5.02 Å². The average Bonchev–Trinajstić information content (AvgIpc) is 3.29. The van der Waals surface area contributed by atoms with Gasteiger partial charge in [0.2, 0.25) is 0 Å². The molecule has 0 radical (unpaired) electrons. The largest absolute Gasteiger partial charge is 0.383 e. The molecule has 9 heteroatoms. The molecule has 166 valence electrons. The fraction of sp³-hybridized carbons (Fsp3) is 0.409. The van der Waals surface area contributed by atoms with Gasteiger partial charge in [0, 0.05) is 48.3 Å². The number of aromatic nitrogens is 4. The lowest BCUT2D eigenvalue weighted by Crippen LogP contribution is -2.11. The van der Waals surface area contributed by atoms with Crippen molar-refractivity contribution in [2.45, 2.75) is 32.1 Å². The van der Waals surface area contributed by atoms with Crippen LogP contribution < -0.4 is 0 Å². The second kappa shape index (κ2) is 10.9. The number of hydrogen-bond donors (Lipinski definition) is 0. The molecule has 0 amide bonds. The monoisotopic (exact) mass is 462 g/mol. The highest BCUT2D eigenvalue weighted by Gasteiger charge is 2.19. The van der Waals surface area contributed by atoms with Crippen molar-refractivity contribution in [3.05, 3.63) is 52.3 Å². The number of nitrogens with zero attached hydrogens (tertiary/aromatic N) is 4. The maximum atomic E-state index is 13.0. The molecule has 0 aliphatic heterocycles. The number of ketones is 1. The second-order valence-electron chi connectivity index (χ2n) is 7.10. The van der Waals surface area contributed by atoms with Gasteiger partial charge in [-0.3, -0.25) is 9.36 Å². The Morgan fingerprint density at radius 3 is 2.32 bits per heavy atom. The van der Waals surface area contributed by atoms with Gasteiger partial charge in [-0.25, -0.2) is 0 Å². The molecule has 7 nitrogen and oxygen atoms in total. The van der Waals surface area contributed by atoms with Crippen molar-refractivity contribution in [1.82, 2.24) is 19.3 Å². The highest BCUT2D eigenvalue weighted by Crippen LogP contribution is 2.26. The fourth-order valence-corrected chi connectivity index (χ4v) is 4.38. The van der Waals surface area contributed by atoms with E-state index < -0.39 is 0 Å². The van der Waals surface area contributed by atoms with Crippen molar-refractivity contribution >= 4 is 29.1 Å². The molecule has 0 unspecified atom stereocenters. The molecule has 2 aromatic heterocycles. The summed E-state index contributed by atoms with van der Waals surface area (Å²) in [5, 5.41) is 10.0. The Kier molecular flexibility index (Phi) is 8.31. The number of Topliss-reactive ketones (excluding diaryl/α,β-unsaturated/α-hetero) is 1. The fourth-order valence-electron chi connectivity index (χ4n) is 3.41. The second-order valence-corrected chi connectivity index (χ2v) is 8.48. The summed E-state index contributed by atoms with van der Waals surface area (Å²) in [7, 11) is 3.33. The van der Waals surface area contributed by atoms with E-state index in [9.17, 15) is 4.79 Å². The minimum atomic E-state index is 0.0658. The number of ether oxygens (including phenoxy) is 2. The Morgan fingerprint density at radius 2 is 1.68 bits per heavy atom. The van der Waals surface area contributed by atoms with E-state index in [1.165, 1.54) is 11.8 Å². The highest BCUT2D eigenvalue weighted by molar-refractivity contribution is 7.99. The van der Waals surface area contributed by atoms with E-state index in [0.29, 0.717) is 29.9 Å². The number of hydrogen-bond acceptors (Lipinski definition) is 6. The molecule has 2 heterocycles. The van der Waals surface area contributed by atoms with Gasteiger partial charge in [0.25, 0.3) is 0 Å². The first kappa shape index (κ1) is 23.5. The van der Waals surface area contributed by atoms with E-state index >= 15 is 0 Å². The molecule has 0 saturated heterocycles. The number of thioether (sulfide) groups is 1. The van der Waals surface area contributed by atoms with Crippen LogP contribution in [0.1, 0.15) is 21.7 Å². The number of carbonyl (C=O) groups excluding carboxylic acids is 1. The molecular formula is C22H27ClN4O3S. The summed E-state index contributed by atoms with van der Waals surface area (Å²) >= 11 is 7.40. The first-order valence-corrected chi connectivity index (χ1v) is 11.3. The van der Waals surface area contributed by atoms with E-state index in [2.05, 4.69) is 14.8 Å². The molecule has 3 aromatic rings. The van der Waals surface area contributed by atoms with Crippen molar-refractivity contribution in [3.8, 4) is 11.4 Å². The van der Waals surface area contributed by atoms with E-state index in [1.54, 1.807) is 14.2 Å². The molecular weight excluding hydrogens is 436 g/mol. The van der Waals surface area contributed by atoms with Gasteiger partial charge in [0.1, 0.15) is 0 Å². The van der Waals surface area contributed by atoms with Crippen LogP contribution in [0.4, 0.5) is 0 Å². The molecule has 0 aliphatic carbocycles. The molecule has 0 N–H and O–H groups in total. The minimum Gasteiger partial charge on any atom is -0.383 e. The lowest BCUT2D eigenvalue weighted by atomic mass is 10.2. The van der Waals surface area contributed by atoms with Gasteiger partial charge in [0.05, 0.1) is 25.5 Å². The van der Waals surface area contributed by atoms with Crippen molar-refractivity contribution in [3.63, 3.8) is 0 Å². The van der Waals surface area contributed by atoms with Crippen molar-refractivity contribution in [2.24, 2.45) is 0 Å². The number of halogens is 1. The Hall–Kier alpha value is -2.13. The first-order chi connectivity index (χ1) is 15.0. The molecule has 1 aromatic carbocycles. The van der Waals surface area contributed by atoms with E-state index in [-0.39, 0.29) is 11.5 Å². The van der Waals surface area contributed by atoms with E-state index in [0.717, 1.165) is 34.9 Å². The zero-order valence-electron chi connectivity index (χ0n) is 18.2. The van der Waals surface area contributed by atoms with Gasteiger partial charge in [-0.15, -0.1) is 10.2 Å². The first-order valence-electron chi connectivity index (χ1n) is 9.96. The van der Waals surface area contributed by atoms with Gasteiger partial charge in [-0.1, -0.05) is 23.4 Å². The van der Waals surface area contributed by atoms with Crippen molar-refractivity contribution in [1.29, 1.82) is 0 Å². The third-order valence-corrected chi connectivity index (χ3v) is 6.28. The van der Waals surface area contributed by atoms with Crippen LogP contribution in [0, 0.1) is 13.8 Å². The molecule has 31 heavy (non-hydrogen) atoms. The summed E-state index contributed by atoms with van der Waals surface area (Å²) in [5.74, 6) is 1.07. The summed E-state index contributed by atoms with van der Waals surface area (Å²) in [6, 6.07) is 9.40. The molecule has 0 saturated carbocycles. The van der Waals surface area contributed by atoms with Gasteiger partial charge in [0.15, 0.2) is 16.8 Å². The number of benzene rings is 1. The quantitative estimate of drug-likeness (QED) is 0.313. The van der Waals surface area contributed by atoms with Crippen LogP contribution in [0.3, 0.4) is 0 Å². The number of aryl methyl sites for hydroxylation is 1. The zero-order chi connectivity index (χ0) is 22.4. The van der Waals surface area contributed by atoms with Crippen LogP contribution >= 0.6 is 23.4 Å². The van der Waals surface area contributed by atoms with Crippen LogP contribution in [0.5, 0.6) is 0 Å². The number of carbonyl (C=O) groups is 1. The predicted octanol–water partition coefficient (Wildman–Crippen LogP) is 4.28. The van der Waals surface area contributed by atoms with Crippen LogP contribution in [-0.4, -0.2) is 58.3 Å². The molecule has 3 rings (SSSR count). The third kappa shape index (κ3) is 5.57. The summed E-state index contributed by atoms with van der Waals surface area (Å²) in [6.45, 7) is 6.41. The van der Waals surface area contributed by atoms with Gasteiger partial charge in [-0.05, 0) is 44.2 Å². The Morgan fingerprint density at radius 1 is 1.03 bits per heavy atom. The van der Waals surface area contributed by atoms with Crippen LogP contribution in [0.25, 0.3) is 11.4 Å². The van der Waals surface area contributed by atoms with Gasteiger partial charge >= 0.3 is 0 Å². The maximum Gasteiger partial charge on any atom is 0.192 e. The molecule has 0 bridgehead atoms. The van der Waals surface area contributed by atoms with Crippen molar-refractivity contribution < 1.29 is 14.3 Å². The Labute approximate surface area is 191 Å². The van der Waals surface area contributed by atoms with E-state index in [1.807, 2.05) is 48.7 Å². The maximum absolute atomic E-state index is 13.0. The van der Waals surface area contributed by atoms with Gasteiger partial charge < -0.3 is 14.0 Å². The molecule has 0 spiro atoms. The highest BCUT2D eigenvalue weighted by atomic mass is 35.5. The number of methoxy groups -OCH3 is 2. The Bertz CT molecular complexity index is 1030. The summed E-state index contributed by atoms with van der Waals surface area (Å²) < 4.78 is 14.5. The van der Waals surface area contributed by atoms with E-state index in [4.69, 9.17) is 21.1 Å². The van der Waals surface area contributed by atoms with Gasteiger partial charge in [-0.2, -0.15) is 0 Å². The average molecular weight is 463 g/mol. The van der Waals surface area contributed by atoms with Crippen LogP contribution in [0.15, 0.2) is 35.5 Å². The third-order valence-electron chi connectivity index (χ3n) is 5.06. The lowest BCUT2D eigenvalue weighted by Gasteiger charge is -2.10. The summed E-state index contributed by atoms with van der Waals surface area (Å²) in [6.07, 6.45) is 0. The lowest BCUT2D eigenvalue weighted by molar-refractivity contribution is 0.102. The number of rotatable bonds is 11. The summed E-state index contributed by atoms with van der Waals surface area (Å²) in [4.78, 5) is 13.0. The topological polar surface area (TPSA) is 71.2 Å². The normalized spacial score (nSPS) is 11.3. The van der Waals surface area contributed by atoms with Crippen LogP contribution in [-0.2, 0) is 22.6 Å². The molecule has 0 atom stereocenters. The smallest absolute Gasteiger partial charge is 0.192 e. The SMILES string of the molecule is COCCn1c(SCC(=O)c2cc(C)n(CCOC)c2C)nnc1-c1ccc(Cl)cc1.